The molecule has 0 saturated carbocycles. The number of aromatic nitrogens is 4. The van der Waals surface area contributed by atoms with Crippen molar-refractivity contribution in [2.45, 2.75) is 45.3 Å². The van der Waals surface area contributed by atoms with Crippen LogP contribution in [-0.4, -0.2) is 74.6 Å². The summed E-state index contributed by atoms with van der Waals surface area (Å²) in [6, 6.07) is 8.90. The highest BCUT2D eigenvalue weighted by molar-refractivity contribution is 5.75. The number of rotatable bonds is 6. The molecule has 5 heterocycles. The molecule has 1 fully saturated rings. The fraction of sp³-hybridized carbons (Fsp3) is 0.406. The van der Waals surface area contributed by atoms with Crippen LogP contribution in [0.25, 0.3) is 11.1 Å². The summed E-state index contributed by atoms with van der Waals surface area (Å²) in [6.07, 6.45) is 6.55. The maximum absolute atomic E-state index is 14.2. The van der Waals surface area contributed by atoms with Crippen LogP contribution in [0.2, 0.25) is 0 Å². The molecule has 10 nitrogen and oxygen atoms in total. The predicted octanol–water partition coefficient (Wildman–Crippen LogP) is 3.99. The maximum atomic E-state index is 14.2. The lowest BCUT2D eigenvalue weighted by Crippen LogP contribution is -2.31. The van der Waals surface area contributed by atoms with Crippen LogP contribution in [0.15, 0.2) is 42.7 Å². The average molecular weight is 584 g/mol. The van der Waals surface area contributed by atoms with Crippen LogP contribution in [0, 0.1) is 5.82 Å². The molecule has 4 aromatic rings. The van der Waals surface area contributed by atoms with Crippen molar-refractivity contribution in [3.8, 4) is 16.9 Å². The topological polar surface area (TPSA) is 108 Å². The van der Waals surface area contributed by atoms with Crippen LogP contribution < -0.4 is 15.8 Å². The highest BCUT2D eigenvalue weighted by Gasteiger charge is 2.29. The summed E-state index contributed by atoms with van der Waals surface area (Å²) >= 11 is 0. The van der Waals surface area contributed by atoms with Crippen molar-refractivity contribution in [3.63, 3.8) is 0 Å². The first-order chi connectivity index (χ1) is 20.9. The number of nitrogens with one attached hydrogen (secondary N) is 3. The van der Waals surface area contributed by atoms with Crippen molar-refractivity contribution in [2.24, 2.45) is 0 Å². The van der Waals surface area contributed by atoms with Crippen molar-refractivity contribution in [2.75, 3.05) is 50.1 Å². The van der Waals surface area contributed by atoms with Gasteiger partial charge < -0.3 is 25.3 Å². The Hall–Kier alpha value is -4.06. The first-order valence-electron chi connectivity index (χ1n) is 15.2. The number of phenols is 1. The molecule has 43 heavy (non-hydrogen) atoms. The number of hydrogen-bond acceptors (Lipinski definition) is 9. The van der Waals surface area contributed by atoms with Gasteiger partial charge in [0.15, 0.2) is 11.6 Å². The molecular formula is C32H38FN9O. The normalized spacial score (nSPS) is 19.1. The lowest BCUT2D eigenvalue weighted by molar-refractivity contribution is 0.238. The lowest BCUT2D eigenvalue weighted by atomic mass is 9.95. The van der Waals surface area contributed by atoms with Gasteiger partial charge in [0.05, 0.1) is 35.2 Å². The third-order valence-corrected chi connectivity index (χ3v) is 8.90. The van der Waals surface area contributed by atoms with Crippen molar-refractivity contribution in [3.05, 3.63) is 82.6 Å². The number of halogens is 1. The molecule has 11 heteroatoms. The first-order valence-corrected chi connectivity index (χ1v) is 15.2. The van der Waals surface area contributed by atoms with E-state index in [0.717, 1.165) is 115 Å². The minimum absolute atomic E-state index is 0.123. The number of imidazole rings is 1. The molecule has 0 bridgehead atoms. The molecule has 0 aliphatic carbocycles. The molecule has 3 aliphatic heterocycles. The number of likely N-dealkylation sites (N-methyl/N-ethyl adjacent to an activating group) is 1. The summed E-state index contributed by atoms with van der Waals surface area (Å²) in [4.78, 5) is 25.2. The molecule has 1 atom stereocenters. The minimum atomic E-state index is -0.614. The second kappa shape index (κ2) is 11.6. The molecule has 3 aliphatic rings. The molecule has 7 rings (SSSR count). The molecule has 4 N–H and O–H groups in total. The second-order valence-corrected chi connectivity index (χ2v) is 11.8. The van der Waals surface area contributed by atoms with Gasteiger partial charge in [-0.2, -0.15) is 0 Å². The standard InChI is InChI=1S/C32H38FN9O/c1-3-20-14-29(43)25(33)15-24(20)21-5-6-23-27(13-21)38-39-31(23)32-36-26-7-10-41(19-28(26)37-32)18-22-16-35-30(17-34-22)42-9-4-8-40(2)11-12-42/h5-6,13-17,31,38-39,43H,3-4,7-12,18-19H2,1-2H3,(H,36,37). The Morgan fingerprint density at radius 1 is 1.05 bits per heavy atom. The number of hydrazine groups is 1. The molecule has 0 amide bonds. The van der Waals surface area contributed by atoms with E-state index in [1.54, 1.807) is 0 Å². The van der Waals surface area contributed by atoms with E-state index in [1.165, 1.54) is 12.1 Å². The van der Waals surface area contributed by atoms with E-state index in [9.17, 15) is 9.50 Å². The number of nitrogens with zero attached hydrogens (tertiary/aromatic N) is 6. The van der Waals surface area contributed by atoms with Crippen molar-refractivity contribution in [1.29, 1.82) is 0 Å². The number of aryl methyl sites for hydroxylation is 1. The van der Waals surface area contributed by atoms with Gasteiger partial charge in [-0.3, -0.25) is 9.88 Å². The largest absolute Gasteiger partial charge is 0.505 e. The van der Waals surface area contributed by atoms with E-state index in [2.05, 4.69) is 43.6 Å². The van der Waals surface area contributed by atoms with Gasteiger partial charge in [-0.05, 0) is 61.3 Å². The average Bonchev–Trinajstić information content (AvgIpc) is 3.57. The summed E-state index contributed by atoms with van der Waals surface area (Å²) in [7, 11) is 2.17. The van der Waals surface area contributed by atoms with Gasteiger partial charge in [0.25, 0.3) is 0 Å². The molecule has 1 saturated heterocycles. The number of aromatic hydroxyl groups is 1. The summed E-state index contributed by atoms with van der Waals surface area (Å²) in [5.41, 5.74) is 14.5. The zero-order valence-electron chi connectivity index (χ0n) is 24.7. The monoisotopic (exact) mass is 583 g/mol. The van der Waals surface area contributed by atoms with Crippen LogP contribution in [-0.2, 0) is 25.9 Å². The number of benzene rings is 2. The number of anilines is 2. The Kier molecular flexibility index (Phi) is 7.46. The number of fused-ring (bicyclic) bond motifs is 2. The molecule has 224 valence electrons. The lowest BCUT2D eigenvalue weighted by Gasteiger charge is -2.26. The summed E-state index contributed by atoms with van der Waals surface area (Å²) in [5.74, 6) is 0.911. The van der Waals surface area contributed by atoms with Gasteiger partial charge in [0.2, 0.25) is 0 Å². The number of hydrogen-bond donors (Lipinski definition) is 4. The molecule has 0 radical (unpaired) electrons. The Labute approximate surface area is 251 Å². The van der Waals surface area contributed by atoms with Gasteiger partial charge in [-0.25, -0.2) is 19.8 Å². The number of H-pyrrole nitrogens is 1. The van der Waals surface area contributed by atoms with Crippen LogP contribution in [0.4, 0.5) is 15.9 Å². The number of aromatic amines is 1. The van der Waals surface area contributed by atoms with E-state index in [0.29, 0.717) is 6.42 Å². The SMILES string of the molecule is CCc1cc(O)c(F)cc1-c1ccc2c(c1)NNC2c1nc2c([nH]1)CN(Cc1cnc(N3CCCN(C)CC3)cn1)CC2. The fourth-order valence-corrected chi connectivity index (χ4v) is 6.43. The zero-order chi connectivity index (χ0) is 29.5. The van der Waals surface area contributed by atoms with Gasteiger partial charge in [-0.15, -0.1) is 0 Å². The van der Waals surface area contributed by atoms with E-state index >= 15 is 0 Å². The van der Waals surface area contributed by atoms with E-state index in [1.807, 2.05) is 31.5 Å². The van der Waals surface area contributed by atoms with Crippen molar-refractivity contribution in [1.82, 2.24) is 35.2 Å². The van der Waals surface area contributed by atoms with E-state index in [4.69, 9.17) is 15.0 Å². The second-order valence-electron chi connectivity index (χ2n) is 11.8. The van der Waals surface area contributed by atoms with Crippen molar-refractivity contribution >= 4 is 11.5 Å². The van der Waals surface area contributed by atoms with Gasteiger partial charge in [-0.1, -0.05) is 19.1 Å². The van der Waals surface area contributed by atoms with E-state index in [-0.39, 0.29) is 11.8 Å². The summed E-state index contributed by atoms with van der Waals surface area (Å²) < 4.78 is 14.2. The van der Waals surface area contributed by atoms with Gasteiger partial charge in [0.1, 0.15) is 17.7 Å². The van der Waals surface area contributed by atoms with Crippen LogP contribution in [0.3, 0.4) is 0 Å². The highest BCUT2D eigenvalue weighted by Crippen LogP contribution is 2.38. The van der Waals surface area contributed by atoms with Gasteiger partial charge in [0, 0.05) is 51.3 Å². The van der Waals surface area contributed by atoms with Crippen LogP contribution in [0.1, 0.15) is 53.4 Å². The Bertz CT molecular complexity index is 1620. The minimum Gasteiger partial charge on any atom is -0.505 e. The van der Waals surface area contributed by atoms with Gasteiger partial charge >= 0.3 is 0 Å². The molecule has 2 aromatic heterocycles. The Morgan fingerprint density at radius 2 is 1.95 bits per heavy atom. The highest BCUT2D eigenvalue weighted by atomic mass is 19.1. The molecule has 1 unspecified atom stereocenters. The van der Waals surface area contributed by atoms with Crippen molar-refractivity contribution < 1.29 is 9.50 Å². The summed E-state index contributed by atoms with van der Waals surface area (Å²) in [6.45, 7) is 8.61. The van der Waals surface area contributed by atoms with Crippen LogP contribution in [0.5, 0.6) is 5.75 Å². The third-order valence-electron chi connectivity index (χ3n) is 8.90. The fourth-order valence-electron chi connectivity index (χ4n) is 6.43. The number of phenolic OH excluding ortho intramolecular Hbond substituents is 1. The van der Waals surface area contributed by atoms with Crippen LogP contribution >= 0.6 is 0 Å². The Morgan fingerprint density at radius 3 is 2.79 bits per heavy atom. The zero-order valence-corrected chi connectivity index (χ0v) is 24.7. The molecule has 0 spiro atoms. The molecule has 2 aromatic carbocycles. The summed E-state index contributed by atoms with van der Waals surface area (Å²) in [5, 5.41) is 9.83. The smallest absolute Gasteiger partial charge is 0.165 e. The molecular weight excluding hydrogens is 545 g/mol. The maximum Gasteiger partial charge on any atom is 0.165 e. The quantitative estimate of drug-likeness (QED) is 0.268. The predicted molar refractivity (Wildman–Crippen MR) is 164 cm³/mol. The van der Waals surface area contributed by atoms with E-state index < -0.39 is 5.82 Å². The Balaban J connectivity index is 1.03. The third kappa shape index (κ3) is 5.55. The first kappa shape index (κ1) is 27.8.